The highest BCUT2D eigenvalue weighted by Gasteiger charge is 2.14. The van der Waals surface area contributed by atoms with Crippen LogP contribution in [0.15, 0.2) is 12.2 Å². The van der Waals surface area contributed by atoms with E-state index >= 15 is 0 Å². The summed E-state index contributed by atoms with van der Waals surface area (Å²) in [4.78, 5) is 0. The minimum atomic E-state index is 0.489. The van der Waals surface area contributed by atoms with Gasteiger partial charge in [-0.2, -0.15) is 0 Å². The smallest absolute Gasteiger partial charge is 0.0326 e. The highest BCUT2D eigenvalue weighted by molar-refractivity contribution is 4.87. The van der Waals surface area contributed by atoms with Crippen LogP contribution in [-0.4, -0.2) is 0 Å². The van der Waals surface area contributed by atoms with E-state index < -0.39 is 0 Å². The SMILES string of the molecule is C=C(C)CCCC(C)CC(C)(C)C. The summed E-state index contributed by atoms with van der Waals surface area (Å²) in [6.07, 6.45) is 5.20. The monoisotopic (exact) mass is 182 g/mol. The molecule has 0 aromatic carbocycles. The average molecular weight is 182 g/mol. The largest absolute Gasteiger partial charge is 0.100 e. The summed E-state index contributed by atoms with van der Waals surface area (Å²) in [6.45, 7) is 15.4. The van der Waals surface area contributed by atoms with E-state index in [1.807, 2.05) is 0 Å². The molecule has 0 spiro atoms. The molecule has 0 radical (unpaired) electrons. The van der Waals surface area contributed by atoms with Gasteiger partial charge < -0.3 is 0 Å². The quantitative estimate of drug-likeness (QED) is 0.535. The first-order valence-corrected chi connectivity index (χ1v) is 5.45. The average Bonchev–Trinajstić information content (AvgIpc) is 1.81. The molecule has 0 aliphatic carbocycles. The maximum absolute atomic E-state index is 3.93. The highest BCUT2D eigenvalue weighted by atomic mass is 14.2. The van der Waals surface area contributed by atoms with Crippen LogP contribution in [0.3, 0.4) is 0 Å². The predicted octanol–water partition coefficient (Wildman–Crippen LogP) is 4.81. The van der Waals surface area contributed by atoms with Crippen molar-refractivity contribution in [3.63, 3.8) is 0 Å². The maximum atomic E-state index is 3.93. The van der Waals surface area contributed by atoms with Crippen LogP contribution in [0.25, 0.3) is 0 Å². The molecule has 0 aliphatic rings. The van der Waals surface area contributed by atoms with E-state index in [0.717, 1.165) is 5.92 Å². The van der Waals surface area contributed by atoms with Crippen LogP contribution in [-0.2, 0) is 0 Å². The molecule has 0 amide bonds. The molecule has 0 aliphatic heterocycles. The second kappa shape index (κ2) is 5.47. The molecule has 0 aromatic rings. The Bertz CT molecular complexity index is 148. The summed E-state index contributed by atoms with van der Waals surface area (Å²) in [5.74, 6) is 0.861. The van der Waals surface area contributed by atoms with Crippen LogP contribution in [0.2, 0.25) is 0 Å². The zero-order chi connectivity index (χ0) is 10.5. The standard InChI is InChI=1S/C13H26/c1-11(2)8-7-9-12(3)10-13(4,5)6/h12H,1,7-10H2,2-6H3. The zero-order valence-electron chi connectivity index (χ0n) is 10.1. The van der Waals surface area contributed by atoms with Gasteiger partial charge in [0.05, 0.1) is 0 Å². The molecule has 0 saturated carbocycles. The van der Waals surface area contributed by atoms with Gasteiger partial charge in [-0.3, -0.25) is 0 Å². The first kappa shape index (κ1) is 12.7. The van der Waals surface area contributed by atoms with Crippen molar-refractivity contribution in [3.8, 4) is 0 Å². The fourth-order valence-electron chi connectivity index (χ4n) is 1.90. The minimum Gasteiger partial charge on any atom is -0.100 e. The van der Waals surface area contributed by atoms with E-state index in [9.17, 15) is 0 Å². The number of hydrogen-bond acceptors (Lipinski definition) is 0. The van der Waals surface area contributed by atoms with Crippen LogP contribution in [0.4, 0.5) is 0 Å². The van der Waals surface area contributed by atoms with Crippen LogP contribution >= 0.6 is 0 Å². The Morgan fingerprint density at radius 3 is 2.23 bits per heavy atom. The van der Waals surface area contributed by atoms with Gasteiger partial charge >= 0.3 is 0 Å². The molecule has 0 rings (SSSR count). The lowest BCUT2D eigenvalue weighted by molar-refractivity contribution is 0.293. The molecule has 0 heterocycles. The molecule has 0 N–H and O–H groups in total. The second-order valence-corrected chi connectivity index (χ2v) is 5.72. The van der Waals surface area contributed by atoms with Crippen molar-refractivity contribution in [3.05, 3.63) is 12.2 Å². The molecule has 0 saturated heterocycles. The second-order valence-electron chi connectivity index (χ2n) is 5.72. The molecule has 0 fully saturated rings. The lowest BCUT2D eigenvalue weighted by Gasteiger charge is -2.23. The van der Waals surface area contributed by atoms with Gasteiger partial charge in [0, 0.05) is 0 Å². The van der Waals surface area contributed by atoms with Gasteiger partial charge in [-0.05, 0) is 37.5 Å². The van der Waals surface area contributed by atoms with Crippen molar-refractivity contribution in [1.82, 2.24) is 0 Å². The molecule has 0 heteroatoms. The van der Waals surface area contributed by atoms with Crippen LogP contribution in [0, 0.1) is 11.3 Å². The Morgan fingerprint density at radius 1 is 1.31 bits per heavy atom. The Balaban J connectivity index is 3.52. The molecule has 78 valence electrons. The normalized spacial score (nSPS) is 14.2. The molecule has 13 heavy (non-hydrogen) atoms. The van der Waals surface area contributed by atoms with Gasteiger partial charge in [0.2, 0.25) is 0 Å². The highest BCUT2D eigenvalue weighted by Crippen LogP contribution is 2.27. The van der Waals surface area contributed by atoms with Gasteiger partial charge in [-0.15, -0.1) is 6.58 Å². The predicted molar refractivity (Wildman–Crippen MR) is 61.9 cm³/mol. The molecule has 0 bridgehead atoms. The first-order valence-electron chi connectivity index (χ1n) is 5.45. The van der Waals surface area contributed by atoms with Crippen LogP contribution < -0.4 is 0 Å². The Labute approximate surface area is 84.4 Å². The molecule has 1 unspecified atom stereocenters. The molecular weight excluding hydrogens is 156 g/mol. The van der Waals surface area contributed by atoms with Crippen molar-refractivity contribution < 1.29 is 0 Å². The Morgan fingerprint density at radius 2 is 1.85 bits per heavy atom. The van der Waals surface area contributed by atoms with Gasteiger partial charge in [-0.25, -0.2) is 0 Å². The van der Waals surface area contributed by atoms with Gasteiger partial charge in [-0.1, -0.05) is 39.7 Å². The number of hydrogen-bond donors (Lipinski definition) is 0. The summed E-state index contributed by atoms with van der Waals surface area (Å²) in [7, 11) is 0. The minimum absolute atomic E-state index is 0.489. The lowest BCUT2D eigenvalue weighted by atomic mass is 9.83. The van der Waals surface area contributed by atoms with E-state index in [0.29, 0.717) is 5.41 Å². The third kappa shape index (κ3) is 9.66. The summed E-state index contributed by atoms with van der Waals surface area (Å²) in [6, 6.07) is 0. The molecule has 0 nitrogen and oxygen atoms in total. The van der Waals surface area contributed by atoms with Crippen LogP contribution in [0.1, 0.15) is 60.3 Å². The topological polar surface area (TPSA) is 0 Å². The van der Waals surface area contributed by atoms with Crippen molar-refractivity contribution in [2.24, 2.45) is 11.3 Å². The first-order chi connectivity index (χ1) is 5.81. The number of rotatable bonds is 5. The number of allylic oxidation sites excluding steroid dienone is 1. The van der Waals surface area contributed by atoms with E-state index in [-0.39, 0.29) is 0 Å². The third-order valence-electron chi connectivity index (χ3n) is 2.26. The van der Waals surface area contributed by atoms with Crippen molar-refractivity contribution in [1.29, 1.82) is 0 Å². The molecule has 0 aromatic heterocycles. The van der Waals surface area contributed by atoms with E-state index in [4.69, 9.17) is 0 Å². The van der Waals surface area contributed by atoms with Gasteiger partial charge in [0.1, 0.15) is 0 Å². The summed E-state index contributed by atoms with van der Waals surface area (Å²) < 4.78 is 0. The lowest BCUT2D eigenvalue weighted by Crippen LogP contribution is -2.10. The van der Waals surface area contributed by atoms with Crippen molar-refractivity contribution in [2.75, 3.05) is 0 Å². The fraction of sp³-hybridized carbons (Fsp3) is 0.846. The maximum Gasteiger partial charge on any atom is -0.0326 e. The van der Waals surface area contributed by atoms with Crippen molar-refractivity contribution in [2.45, 2.75) is 60.3 Å². The zero-order valence-corrected chi connectivity index (χ0v) is 10.1. The summed E-state index contributed by atoms with van der Waals surface area (Å²) >= 11 is 0. The summed E-state index contributed by atoms with van der Waals surface area (Å²) in [5.41, 5.74) is 1.81. The molecule has 1 atom stereocenters. The van der Waals surface area contributed by atoms with E-state index in [2.05, 4.69) is 41.2 Å². The van der Waals surface area contributed by atoms with Gasteiger partial charge in [0.15, 0.2) is 0 Å². The van der Waals surface area contributed by atoms with Crippen molar-refractivity contribution >= 4 is 0 Å². The van der Waals surface area contributed by atoms with Crippen LogP contribution in [0.5, 0.6) is 0 Å². The Hall–Kier alpha value is -0.260. The fourth-order valence-corrected chi connectivity index (χ4v) is 1.90. The van der Waals surface area contributed by atoms with E-state index in [1.54, 1.807) is 0 Å². The summed E-state index contributed by atoms with van der Waals surface area (Å²) in [5, 5.41) is 0. The molecular formula is C13H26. The Kier molecular flexibility index (Phi) is 5.36. The van der Waals surface area contributed by atoms with Gasteiger partial charge in [0.25, 0.3) is 0 Å². The third-order valence-corrected chi connectivity index (χ3v) is 2.26. The van der Waals surface area contributed by atoms with E-state index in [1.165, 1.54) is 31.3 Å².